The first-order chi connectivity index (χ1) is 16.7. The lowest BCUT2D eigenvalue weighted by Crippen LogP contribution is -2.35. The molecule has 7 heteroatoms. The number of carbonyl (C=O) groups is 1. The summed E-state index contributed by atoms with van der Waals surface area (Å²) in [4.78, 5) is 12.5. The Hall–Kier alpha value is -1.92. The number of halogens is 5. The van der Waals surface area contributed by atoms with E-state index in [-0.39, 0.29) is 0 Å². The standard InChI is InChI=1S/C28H35F5O2/c1-2-3-4-17-5-6-22-16-21(12-11-20(22)15-17)18-7-9-19(10-8-18)27(34)35-24-14-13-23(28(31,32)33)25(29)26(24)30/h2,13-14,17-22H,1,3-12,15-16H2. The Balaban J connectivity index is 1.26. The van der Waals surface area contributed by atoms with E-state index in [9.17, 15) is 26.7 Å². The Labute approximate surface area is 204 Å². The van der Waals surface area contributed by atoms with Crippen molar-refractivity contribution in [2.75, 3.05) is 0 Å². The van der Waals surface area contributed by atoms with E-state index in [0.29, 0.717) is 36.8 Å². The van der Waals surface area contributed by atoms with Gasteiger partial charge in [0.25, 0.3) is 0 Å². The molecule has 4 rings (SSSR count). The molecule has 3 aliphatic carbocycles. The van der Waals surface area contributed by atoms with E-state index < -0.39 is 41.0 Å². The molecule has 4 unspecified atom stereocenters. The lowest BCUT2D eigenvalue weighted by molar-refractivity contribution is -0.141. The van der Waals surface area contributed by atoms with Crippen LogP contribution in [-0.4, -0.2) is 5.97 Å². The summed E-state index contributed by atoms with van der Waals surface area (Å²) < 4.78 is 71.1. The molecule has 1 aromatic rings. The molecule has 35 heavy (non-hydrogen) atoms. The van der Waals surface area contributed by atoms with Gasteiger partial charge in [0.1, 0.15) is 0 Å². The highest BCUT2D eigenvalue weighted by molar-refractivity contribution is 5.75. The maximum atomic E-state index is 14.1. The minimum Gasteiger partial charge on any atom is -0.423 e. The van der Waals surface area contributed by atoms with Crippen LogP contribution in [0.4, 0.5) is 22.0 Å². The number of fused-ring (bicyclic) bond motifs is 1. The van der Waals surface area contributed by atoms with Crippen molar-refractivity contribution >= 4 is 5.97 Å². The molecule has 3 saturated carbocycles. The number of benzene rings is 1. The van der Waals surface area contributed by atoms with Gasteiger partial charge in [-0.2, -0.15) is 17.6 Å². The molecule has 0 aliphatic heterocycles. The highest BCUT2D eigenvalue weighted by atomic mass is 19.4. The topological polar surface area (TPSA) is 26.3 Å². The van der Waals surface area contributed by atoms with Gasteiger partial charge in [-0.1, -0.05) is 12.5 Å². The van der Waals surface area contributed by atoms with E-state index in [1.54, 1.807) is 0 Å². The van der Waals surface area contributed by atoms with Gasteiger partial charge in [-0.05, 0) is 112 Å². The number of ether oxygens (including phenoxy) is 1. The van der Waals surface area contributed by atoms with E-state index in [1.165, 1.54) is 44.9 Å². The predicted molar refractivity (Wildman–Crippen MR) is 124 cm³/mol. The van der Waals surface area contributed by atoms with Crippen LogP contribution in [0.3, 0.4) is 0 Å². The van der Waals surface area contributed by atoms with Gasteiger partial charge >= 0.3 is 12.1 Å². The Morgan fingerprint density at radius 1 is 0.886 bits per heavy atom. The van der Waals surface area contributed by atoms with Gasteiger partial charge in [0.05, 0.1) is 11.5 Å². The molecule has 0 heterocycles. The second-order valence-electron chi connectivity index (χ2n) is 10.9. The van der Waals surface area contributed by atoms with E-state index in [0.717, 1.165) is 37.0 Å². The smallest absolute Gasteiger partial charge is 0.419 e. The number of allylic oxidation sites excluding steroid dienone is 1. The van der Waals surface area contributed by atoms with Crippen molar-refractivity contribution in [3.63, 3.8) is 0 Å². The molecular formula is C28H35F5O2. The first kappa shape index (κ1) is 26.2. The minimum absolute atomic E-state index is 0.404. The van der Waals surface area contributed by atoms with E-state index in [2.05, 4.69) is 6.58 Å². The highest BCUT2D eigenvalue weighted by Gasteiger charge is 2.40. The Kier molecular flexibility index (Phi) is 8.22. The molecule has 0 bridgehead atoms. The zero-order valence-electron chi connectivity index (χ0n) is 20.1. The second kappa shape index (κ2) is 11.0. The molecule has 2 nitrogen and oxygen atoms in total. The van der Waals surface area contributed by atoms with Crippen molar-refractivity contribution in [2.24, 2.45) is 35.5 Å². The van der Waals surface area contributed by atoms with Gasteiger partial charge in [0, 0.05) is 0 Å². The molecule has 0 amide bonds. The summed E-state index contributed by atoms with van der Waals surface area (Å²) in [6.07, 6.45) is 10.2. The number of hydrogen-bond donors (Lipinski definition) is 0. The summed E-state index contributed by atoms with van der Waals surface area (Å²) in [6.45, 7) is 3.85. The largest absolute Gasteiger partial charge is 0.423 e. The first-order valence-corrected chi connectivity index (χ1v) is 13.0. The molecule has 3 fully saturated rings. The van der Waals surface area contributed by atoms with Gasteiger partial charge in [-0.3, -0.25) is 4.79 Å². The number of esters is 1. The third kappa shape index (κ3) is 6.08. The number of alkyl halides is 3. The van der Waals surface area contributed by atoms with Crippen molar-refractivity contribution < 1.29 is 31.5 Å². The maximum Gasteiger partial charge on any atom is 0.419 e. The fourth-order valence-electron chi connectivity index (χ4n) is 6.91. The molecule has 194 valence electrons. The number of hydrogen-bond acceptors (Lipinski definition) is 2. The summed E-state index contributed by atoms with van der Waals surface area (Å²) in [5.74, 6) is -1.99. The van der Waals surface area contributed by atoms with Crippen molar-refractivity contribution in [2.45, 2.75) is 83.2 Å². The average molecular weight is 499 g/mol. The predicted octanol–water partition coefficient (Wildman–Crippen LogP) is 8.49. The fraction of sp³-hybridized carbons (Fsp3) is 0.679. The third-order valence-electron chi connectivity index (χ3n) is 8.88. The summed E-state index contributed by atoms with van der Waals surface area (Å²) >= 11 is 0. The van der Waals surface area contributed by atoms with Gasteiger partial charge in [-0.15, -0.1) is 6.58 Å². The molecular weight excluding hydrogens is 463 g/mol. The SMILES string of the molecule is C=CCCC1CCC2CC(C3CCC(C(=O)Oc4ccc(C(F)(F)F)c(F)c4F)CC3)CCC2C1. The normalized spacial score (nSPS) is 31.5. The quantitative estimate of drug-likeness (QED) is 0.170. The molecule has 3 aliphatic rings. The highest BCUT2D eigenvalue weighted by Crippen LogP contribution is 2.49. The van der Waals surface area contributed by atoms with Gasteiger partial charge < -0.3 is 4.74 Å². The van der Waals surface area contributed by atoms with Gasteiger partial charge in [-0.25, -0.2) is 4.39 Å². The van der Waals surface area contributed by atoms with Gasteiger partial charge in [0.15, 0.2) is 11.6 Å². The van der Waals surface area contributed by atoms with Crippen molar-refractivity contribution in [1.29, 1.82) is 0 Å². The van der Waals surface area contributed by atoms with E-state index in [1.807, 2.05) is 6.08 Å². The summed E-state index contributed by atoms with van der Waals surface area (Å²) in [5, 5.41) is 0. The van der Waals surface area contributed by atoms with Crippen molar-refractivity contribution in [1.82, 2.24) is 0 Å². The molecule has 4 atom stereocenters. The lowest BCUT2D eigenvalue weighted by atomic mass is 9.60. The molecule has 0 radical (unpaired) electrons. The van der Waals surface area contributed by atoms with Crippen LogP contribution in [0, 0.1) is 47.1 Å². The monoisotopic (exact) mass is 498 g/mol. The summed E-state index contributed by atoms with van der Waals surface area (Å²) in [6, 6.07) is 1.08. The molecule has 0 aromatic heterocycles. The number of carbonyl (C=O) groups excluding carboxylic acids is 1. The van der Waals surface area contributed by atoms with E-state index >= 15 is 0 Å². The van der Waals surface area contributed by atoms with Crippen LogP contribution in [0.1, 0.15) is 82.6 Å². The Bertz CT molecular complexity index is 903. The Morgan fingerprint density at radius 3 is 2.14 bits per heavy atom. The average Bonchev–Trinajstić information content (AvgIpc) is 2.84. The number of rotatable bonds is 6. The Morgan fingerprint density at radius 2 is 1.49 bits per heavy atom. The summed E-state index contributed by atoms with van der Waals surface area (Å²) in [7, 11) is 0. The first-order valence-electron chi connectivity index (χ1n) is 13.0. The lowest BCUT2D eigenvalue weighted by Gasteiger charge is -2.45. The van der Waals surface area contributed by atoms with E-state index in [4.69, 9.17) is 4.74 Å². The second-order valence-corrected chi connectivity index (χ2v) is 10.9. The van der Waals surface area contributed by atoms with Crippen molar-refractivity contribution in [3.05, 3.63) is 42.0 Å². The third-order valence-corrected chi connectivity index (χ3v) is 8.88. The van der Waals surface area contributed by atoms with Crippen molar-refractivity contribution in [3.8, 4) is 5.75 Å². The van der Waals surface area contributed by atoms with Crippen LogP contribution in [0.15, 0.2) is 24.8 Å². The molecule has 0 saturated heterocycles. The summed E-state index contributed by atoms with van der Waals surface area (Å²) in [5.41, 5.74) is -1.71. The minimum atomic E-state index is -5.02. The fourth-order valence-corrected chi connectivity index (χ4v) is 6.91. The van der Waals surface area contributed by atoms with Crippen LogP contribution in [-0.2, 0) is 11.0 Å². The molecule has 1 aromatic carbocycles. The van der Waals surface area contributed by atoms with Crippen LogP contribution in [0.5, 0.6) is 5.75 Å². The molecule has 0 spiro atoms. The molecule has 0 N–H and O–H groups in total. The zero-order valence-corrected chi connectivity index (χ0v) is 20.1. The van der Waals surface area contributed by atoms with Crippen LogP contribution < -0.4 is 4.74 Å². The van der Waals surface area contributed by atoms with Crippen LogP contribution in [0.2, 0.25) is 0 Å². The van der Waals surface area contributed by atoms with Crippen LogP contribution >= 0.6 is 0 Å². The zero-order chi connectivity index (χ0) is 25.2. The van der Waals surface area contributed by atoms with Gasteiger partial charge in [0.2, 0.25) is 5.82 Å². The van der Waals surface area contributed by atoms with Crippen LogP contribution in [0.25, 0.3) is 0 Å². The maximum absolute atomic E-state index is 14.1.